The fourth-order valence-electron chi connectivity index (χ4n) is 3.44. The van der Waals surface area contributed by atoms with Gasteiger partial charge in [-0.3, -0.25) is 9.89 Å². The number of benzene rings is 1. The Morgan fingerprint density at radius 3 is 2.59 bits per heavy atom. The lowest BCUT2D eigenvalue weighted by Gasteiger charge is -2.26. The van der Waals surface area contributed by atoms with Gasteiger partial charge in [-0.15, -0.1) is 0 Å². The average molecular weight is 370 g/mol. The van der Waals surface area contributed by atoms with Crippen LogP contribution in [0.1, 0.15) is 31.1 Å². The number of rotatable bonds is 9. The Labute approximate surface area is 162 Å². The van der Waals surface area contributed by atoms with Crippen molar-refractivity contribution in [3.05, 3.63) is 54.5 Å². The molecule has 1 unspecified atom stereocenters. The molecule has 2 aromatic rings. The van der Waals surface area contributed by atoms with E-state index in [0.717, 1.165) is 56.6 Å². The Balaban J connectivity index is 1.39. The number of aliphatic imine (C=N–C) groups is 1. The second-order valence-corrected chi connectivity index (χ2v) is 6.80. The molecule has 1 atom stereocenters. The summed E-state index contributed by atoms with van der Waals surface area (Å²) in [6.45, 7) is 4.84. The topological polar surface area (TPSA) is 64.8 Å². The van der Waals surface area contributed by atoms with E-state index in [0.29, 0.717) is 0 Å². The minimum absolute atomic E-state index is 0.251. The summed E-state index contributed by atoms with van der Waals surface area (Å²) in [6.07, 6.45) is 5.30. The molecule has 0 saturated carbocycles. The first-order chi connectivity index (χ1) is 13.4. The fourth-order valence-corrected chi connectivity index (χ4v) is 3.44. The largest absolute Gasteiger partial charge is 0.468 e. The van der Waals surface area contributed by atoms with E-state index in [9.17, 15) is 0 Å². The van der Waals surface area contributed by atoms with Gasteiger partial charge >= 0.3 is 0 Å². The van der Waals surface area contributed by atoms with Gasteiger partial charge in [-0.1, -0.05) is 18.2 Å². The lowest BCUT2D eigenvalue weighted by atomic mass is 10.2. The van der Waals surface area contributed by atoms with Crippen LogP contribution in [-0.2, 0) is 0 Å². The third-order valence-corrected chi connectivity index (χ3v) is 4.89. The molecule has 6 nitrogen and oxygen atoms in total. The van der Waals surface area contributed by atoms with Crippen molar-refractivity contribution in [1.82, 2.24) is 15.5 Å². The maximum Gasteiger partial charge on any atom is 0.191 e. The van der Waals surface area contributed by atoms with Crippen molar-refractivity contribution in [2.45, 2.75) is 25.3 Å². The SMILES string of the molecule is CN=C(NCCCNc1ccccc1)NCC(c1ccco1)N1CCCC1. The van der Waals surface area contributed by atoms with Gasteiger partial charge in [0.25, 0.3) is 0 Å². The number of nitrogens with zero attached hydrogens (tertiary/aromatic N) is 2. The molecule has 0 amide bonds. The van der Waals surface area contributed by atoms with E-state index in [1.165, 1.54) is 12.8 Å². The predicted molar refractivity (Wildman–Crippen MR) is 111 cm³/mol. The van der Waals surface area contributed by atoms with E-state index in [2.05, 4.69) is 44.0 Å². The monoisotopic (exact) mass is 369 g/mol. The van der Waals surface area contributed by atoms with Crippen LogP contribution in [0.15, 0.2) is 58.1 Å². The molecule has 146 valence electrons. The molecular weight excluding hydrogens is 338 g/mol. The number of likely N-dealkylation sites (tertiary alicyclic amines) is 1. The molecule has 1 aromatic heterocycles. The zero-order chi connectivity index (χ0) is 18.7. The Kier molecular flexibility index (Phi) is 7.59. The van der Waals surface area contributed by atoms with Crippen LogP contribution in [0.4, 0.5) is 5.69 Å². The highest BCUT2D eigenvalue weighted by Crippen LogP contribution is 2.24. The molecule has 0 spiro atoms. The molecule has 2 heterocycles. The van der Waals surface area contributed by atoms with Gasteiger partial charge in [0.05, 0.1) is 12.3 Å². The third-order valence-electron chi connectivity index (χ3n) is 4.89. The number of nitrogens with one attached hydrogen (secondary N) is 3. The van der Waals surface area contributed by atoms with Gasteiger partial charge in [-0.2, -0.15) is 0 Å². The van der Waals surface area contributed by atoms with E-state index in [4.69, 9.17) is 4.42 Å². The number of hydrogen-bond acceptors (Lipinski definition) is 4. The van der Waals surface area contributed by atoms with Gasteiger partial charge in [0, 0.05) is 32.4 Å². The van der Waals surface area contributed by atoms with E-state index in [1.807, 2.05) is 31.3 Å². The van der Waals surface area contributed by atoms with Crippen molar-refractivity contribution >= 4 is 11.6 Å². The van der Waals surface area contributed by atoms with Gasteiger partial charge in [-0.25, -0.2) is 0 Å². The summed E-state index contributed by atoms with van der Waals surface area (Å²) < 4.78 is 5.68. The molecule has 3 rings (SSSR count). The minimum atomic E-state index is 0.251. The molecule has 1 fully saturated rings. The first kappa shape index (κ1) is 19.3. The molecule has 3 N–H and O–H groups in total. The molecule has 1 saturated heterocycles. The van der Waals surface area contributed by atoms with Gasteiger partial charge in [0.15, 0.2) is 5.96 Å². The normalized spacial score (nSPS) is 16.3. The highest BCUT2D eigenvalue weighted by molar-refractivity contribution is 5.79. The van der Waals surface area contributed by atoms with Crippen LogP contribution >= 0.6 is 0 Å². The second-order valence-electron chi connectivity index (χ2n) is 6.80. The van der Waals surface area contributed by atoms with Gasteiger partial charge in [0.2, 0.25) is 0 Å². The molecule has 1 aliphatic heterocycles. The second kappa shape index (κ2) is 10.6. The van der Waals surface area contributed by atoms with E-state index < -0.39 is 0 Å². The standard InChI is InChI=1S/C21H31N5O/c1-22-21(24-13-8-12-23-18-9-3-2-4-10-18)25-17-19(20-11-7-16-27-20)26-14-5-6-15-26/h2-4,7,9-11,16,19,23H,5-6,8,12-15,17H2,1H3,(H2,22,24,25). The van der Waals surface area contributed by atoms with E-state index >= 15 is 0 Å². The number of guanidine groups is 1. The molecule has 0 bridgehead atoms. The van der Waals surface area contributed by atoms with Gasteiger partial charge in [-0.05, 0) is 56.6 Å². The van der Waals surface area contributed by atoms with Gasteiger partial charge < -0.3 is 20.4 Å². The molecular formula is C21H31N5O. The van der Waals surface area contributed by atoms with Crippen LogP contribution in [-0.4, -0.2) is 50.6 Å². The van der Waals surface area contributed by atoms with Crippen molar-refractivity contribution in [3.63, 3.8) is 0 Å². The summed E-state index contributed by atoms with van der Waals surface area (Å²) in [5.41, 5.74) is 1.16. The first-order valence-electron chi connectivity index (χ1n) is 9.87. The molecule has 1 aliphatic rings. The summed E-state index contributed by atoms with van der Waals surface area (Å²) in [4.78, 5) is 6.84. The average Bonchev–Trinajstić information content (AvgIpc) is 3.42. The lowest BCUT2D eigenvalue weighted by molar-refractivity contribution is 0.215. The summed E-state index contributed by atoms with van der Waals surface area (Å²) in [5, 5.41) is 10.3. The third kappa shape index (κ3) is 6.03. The van der Waals surface area contributed by atoms with Crippen LogP contribution < -0.4 is 16.0 Å². The first-order valence-corrected chi connectivity index (χ1v) is 9.87. The minimum Gasteiger partial charge on any atom is -0.468 e. The van der Waals surface area contributed by atoms with Crippen molar-refractivity contribution in [2.75, 3.05) is 45.1 Å². The van der Waals surface area contributed by atoms with Crippen LogP contribution in [0.25, 0.3) is 0 Å². The van der Waals surface area contributed by atoms with Crippen molar-refractivity contribution < 1.29 is 4.42 Å². The predicted octanol–water partition coefficient (Wildman–Crippen LogP) is 3.08. The Hall–Kier alpha value is -2.47. The highest BCUT2D eigenvalue weighted by Gasteiger charge is 2.25. The fraction of sp³-hybridized carbons (Fsp3) is 0.476. The zero-order valence-electron chi connectivity index (χ0n) is 16.2. The molecule has 1 aromatic carbocycles. The Morgan fingerprint density at radius 1 is 1.07 bits per heavy atom. The maximum absolute atomic E-state index is 5.68. The summed E-state index contributed by atoms with van der Waals surface area (Å²) >= 11 is 0. The maximum atomic E-state index is 5.68. The van der Waals surface area contributed by atoms with Gasteiger partial charge in [0.1, 0.15) is 5.76 Å². The quantitative estimate of drug-likeness (QED) is 0.360. The van der Waals surface area contributed by atoms with Crippen molar-refractivity contribution in [3.8, 4) is 0 Å². The zero-order valence-corrected chi connectivity index (χ0v) is 16.2. The summed E-state index contributed by atoms with van der Waals surface area (Å²) in [6, 6.07) is 14.6. The van der Waals surface area contributed by atoms with Crippen LogP contribution in [0.5, 0.6) is 0 Å². The van der Waals surface area contributed by atoms with Crippen LogP contribution in [0.2, 0.25) is 0 Å². The Bertz CT molecular complexity index is 665. The number of para-hydroxylation sites is 1. The summed E-state index contributed by atoms with van der Waals surface area (Å²) in [5.74, 6) is 1.86. The number of hydrogen-bond donors (Lipinski definition) is 3. The number of anilines is 1. The smallest absolute Gasteiger partial charge is 0.191 e. The summed E-state index contributed by atoms with van der Waals surface area (Å²) in [7, 11) is 1.81. The lowest BCUT2D eigenvalue weighted by Crippen LogP contribution is -2.43. The number of furan rings is 1. The Morgan fingerprint density at radius 2 is 1.89 bits per heavy atom. The molecule has 6 heteroatoms. The van der Waals surface area contributed by atoms with Crippen molar-refractivity contribution in [1.29, 1.82) is 0 Å². The van der Waals surface area contributed by atoms with Crippen molar-refractivity contribution in [2.24, 2.45) is 4.99 Å². The van der Waals surface area contributed by atoms with E-state index in [-0.39, 0.29) is 6.04 Å². The van der Waals surface area contributed by atoms with Crippen LogP contribution in [0, 0.1) is 0 Å². The highest BCUT2D eigenvalue weighted by atomic mass is 16.3. The van der Waals surface area contributed by atoms with Crippen LogP contribution in [0.3, 0.4) is 0 Å². The molecule has 0 aliphatic carbocycles. The molecule has 0 radical (unpaired) electrons. The molecule has 27 heavy (non-hydrogen) atoms. The van der Waals surface area contributed by atoms with E-state index in [1.54, 1.807) is 6.26 Å².